The van der Waals surface area contributed by atoms with Gasteiger partial charge in [0, 0.05) is 17.9 Å². The summed E-state index contributed by atoms with van der Waals surface area (Å²) in [6.07, 6.45) is 1.31. The van der Waals surface area contributed by atoms with E-state index in [2.05, 4.69) is 16.6 Å². The Morgan fingerprint density at radius 2 is 2.31 bits per heavy atom. The summed E-state index contributed by atoms with van der Waals surface area (Å²) < 4.78 is 0. The van der Waals surface area contributed by atoms with E-state index in [9.17, 15) is 4.79 Å². The third-order valence-corrected chi connectivity index (χ3v) is 3.10. The van der Waals surface area contributed by atoms with E-state index in [1.54, 1.807) is 6.07 Å². The third-order valence-electron chi connectivity index (χ3n) is 3.10. The predicted octanol–water partition coefficient (Wildman–Crippen LogP) is 0.955. The molecule has 1 amide bonds. The van der Waals surface area contributed by atoms with Crippen LogP contribution >= 0.6 is 0 Å². The number of hydrogen-bond donors (Lipinski definition) is 1. The molecular weight excluding hydrogens is 202 g/mol. The number of nitrogens with one attached hydrogen (secondary N) is 1. The van der Waals surface area contributed by atoms with Crippen molar-refractivity contribution in [2.75, 3.05) is 0 Å². The zero-order valence-electron chi connectivity index (χ0n) is 8.53. The van der Waals surface area contributed by atoms with E-state index in [1.807, 2.05) is 12.1 Å². The molecule has 2 aliphatic rings. The Morgan fingerprint density at radius 1 is 1.44 bits per heavy atom. The van der Waals surface area contributed by atoms with Gasteiger partial charge in [-0.2, -0.15) is 10.4 Å². The van der Waals surface area contributed by atoms with Gasteiger partial charge in [0.15, 0.2) is 0 Å². The molecule has 0 radical (unpaired) electrons. The van der Waals surface area contributed by atoms with Crippen molar-refractivity contribution in [3.05, 3.63) is 34.9 Å². The molecule has 1 aliphatic heterocycles. The van der Waals surface area contributed by atoms with Crippen LogP contribution in [0.25, 0.3) is 0 Å². The molecular formula is C12H9N3O. The number of hydrazone groups is 1. The smallest absolute Gasteiger partial charge is 0.240 e. The Labute approximate surface area is 92.6 Å². The number of fused-ring (bicyclic) bond motifs is 3. The molecule has 1 atom stereocenters. The number of nitriles is 1. The van der Waals surface area contributed by atoms with Crippen LogP contribution in [0.2, 0.25) is 0 Å². The number of amides is 1. The number of carbonyl (C=O) groups excluding carboxylic acids is 1. The van der Waals surface area contributed by atoms with Crippen molar-refractivity contribution in [3.8, 4) is 6.07 Å². The highest BCUT2D eigenvalue weighted by Gasteiger charge is 2.33. The summed E-state index contributed by atoms with van der Waals surface area (Å²) in [6, 6.07) is 7.73. The van der Waals surface area contributed by atoms with Gasteiger partial charge in [-0.3, -0.25) is 4.79 Å². The van der Waals surface area contributed by atoms with E-state index in [0.717, 1.165) is 23.3 Å². The third kappa shape index (κ3) is 1.22. The second-order valence-electron chi connectivity index (χ2n) is 4.12. The van der Waals surface area contributed by atoms with Crippen LogP contribution in [0.4, 0.5) is 0 Å². The first kappa shape index (κ1) is 9.10. The van der Waals surface area contributed by atoms with Crippen LogP contribution in [0.3, 0.4) is 0 Å². The quantitative estimate of drug-likeness (QED) is 0.694. The first-order chi connectivity index (χ1) is 7.78. The zero-order valence-corrected chi connectivity index (χ0v) is 8.53. The molecule has 0 bridgehead atoms. The molecule has 1 aliphatic carbocycles. The summed E-state index contributed by atoms with van der Waals surface area (Å²) in [6.45, 7) is 0. The van der Waals surface area contributed by atoms with Crippen LogP contribution in [0.5, 0.6) is 0 Å². The van der Waals surface area contributed by atoms with Gasteiger partial charge in [0.1, 0.15) is 0 Å². The van der Waals surface area contributed by atoms with Gasteiger partial charge in [0.2, 0.25) is 5.91 Å². The summed E-state index contributed by atoms with van der Waals surface area (Å²) in [4.78, 5) is 11.2. The molecule has 0 spiro atoms. The first-order valence-electron chi connectivity index (χ1n) is 5.18. The van der Waals surface area contributed by atoms with Crippen molar-refractivity contribution in [3.63, 3.8) is 0 Å². The SMILES string of the molecule is N#Cc1ccc2c(c1)CC1CC(=O)NN=C21. The molecule has 0 saturated heterocycles. The summed E-state index contributed by atoms with van der Waals surface area (Å²) in [5.74, 6) is 0.166. The van der Waals surface area contributed by atoms with Crippen LogP contribution in [0.1, 0.15) is 23.1 Å². The standard InChI is InChI=1S/C12H9N3O/c13-6-7-1-2-10-8(3-7)4-9-5-11(16)14-15-12(9)10/h1-3,9H,4-5H2,(H,14,16). The fraction of sp³-hybridized carbons (Fsp3) is 0.250. The van der Waals surface area contributed by atoms with Crippen molar-refractivity contribution in [1.82, 2.24) is 5.43 Å². The van der Waals surface area contributed by atoms with Gasteiger partial charge in [-0.25, -0.2) is 5.43 Å². The van der Waals surface area contributed by atoms with Crippen molar-refractivity contribution in [2.24, 2.45) is 11.0 Å². The van der Waals surface area contributed by atoms with E-state index in [4.69, 9.17) is 5.26 Å². The van der Waals surface area contributed by atoms with E-state index in [1.165, 1.54) is 0 Å². The van der Waals surface area contributed by atoms with Gasteiger partial charge in [-0.15, -0.1) is 0 Å². The Hall–Kier alpha value is -2.15. The first-order valence-corrected chi connectivity index (χ1v) is 5.18. The molecule has 78 valence electrons. The molecule has 1 N–H and O–H groups in total. The maximum Gasteiger partial charge on any atom is 0.240 e. The molecule has 0 aromatic heterocycles. The fourth-order valence-electron chi connectivity index (χ4n) is 2.38. The highest BCUT2D eigenvalue weighted by molar-refractivity contribution is 6.09. The monoisotopic (exact) mass is 211 g/mol. The lowest BCUT2D eigenvalue weighted by Crippen LogP contribution is -2.31. The Morgan fingerprint density at radius 3 is 3.12 bits per heavy atom. The lowest BCUT2D eigenvalue weighted by molar-refractivity contribution is -0.121. The van der Waals surface area contributed by atoms with Crippen molar-refractivity contribution < 1.29 is 4.79 Å². The number of carbonyl (C=O) groups is 1. The number of hydrogen-bond acceptors (Lipinski definition) is 3. The van der Waals surface area contributed by atoms with E-state index in [-0.39, 0.29) is 11.8 Å². The molecule has 4 heteroatoms. The summed E-state index contributed by atoms with van der Waals surface area (Å²) in [7, 11) is 0. The number of rotatable bonds is 0. The normalized spacial score (nSPS) is 21.6. The summed E-state index contributed by atoms with van der Waals surface area (Å²) in [5.41, 5.74) is 6.33. The molecule has 16 heavy (non-hydrogen) atoms. The van der Waals surface area contributed by atoms with Gasteiger partial charge in [-0.05, 0) is 24.1 Å². The molecule has 3 rings (SSSR count). The minimum atomic E-state index is -0.0259. The van der Waals surface area contributed by atoms with Crippen molar-refractivity contribution >= 4 is 11.6 Å². The fourth-order valence-corrected chi connectivity index (χ4v) is 2.38. The van der Waals surface area contributed by atoms with E-state index < -0.39 is 0 Å². The van der Waals surface area contributed by atoms with Crippen LogP contribution in [-0.2, 0) is 11.2 Å². The zero-order chi connectivity index (χ0) is 11.1. The largest absolute Gasteiger partial charge is 0.273 e. The lowest BCUT2D eigenvalue weighted by atomic mass is 9.99. The molecule has 1 heterocycles. The van der Waals surface area contributed by atoms with E-state index in [0.29, 0.717) is 12.0 Å². The lowest BCUT2D eigenvalue weighted by Gasteiger charge is -2.15. The summed E-state index contributed by atoms with van der Waals surface area (Å²) >= 11 is 0. The number of nitrogens with zero attached hydrogens (tertiary/aromatic N) is 2. The van der Waals surface area contributed by atoms with Crippen molar-refractivity contribution in [2.45, 2.75) is 12.8 Å². The molecule has 4 nitrogen and oxygen atoms in total. The number of benzene rings is 1. The molecule has 0 saturated carbocycles. The average molecular weight is 211 g/mol. The maximum atomic E-state index is 11.2. The summed E-state index contributed by atoms with van der Waals surface area (Å²) in [5, 5.41) is 12.9. The average Bonchev–Trinajstić information content (AvgIpc) is 2.64. The highest BCUT2D eigenvalue weighted by Crippen LogP contribution is 2.31. The topological polar surface area (TPSA) is 65.2 Å². The van der Waals surface area contributed by atoms with Gasteiger partial charge >= 0.3 is 0 Å². The predicted molar refractivity (Wildman–Crippen MR) is 57.6 cm³/mol. The second-order valence-corrected chi connectivity index (χ2v) is 4.12. The van der Waals surface area contributed by atoms with Gasteiger partial charge in [-0.1, -0.05) is 6.07 Å². The van der Waals surface area contributed by atoms with Crippen LogP contribution < -0.4 is 5.43 Å². The molecule has 1 unspecified atom stereocenters. The Bertz CT molecular complexity index is 554. The maximum absolute atomic E-state index is 11.2. The van der Waals surface area contributed by atoms with Gasteiger partial charge < -0.3 is 0 Å². The van der Waals surface area contributed by atoms with Gasteiger partial charge in [0.25, 0.3) is 0 Å². The molecule has 0 fully saturated rings. The second kappa shape index (κ2) is 3.17. The minimum absolute atomic E-state index is 0.0259. The Kier molecular flexibility index (Phi) is 1.80. The Balaban J connectivity index is 2.08. The van der Waals surface area contributed by atoms with Crippen LogP contribution in [-0.4, -0.2) is 11.6 Å². The highest BCUT2D eigenvalue weighted by atomic mass is 16.2. The molecule has 1 aromatic rings. The van der Waals surface area contributed by atoms with Crippen molar-refractivity contribution in [1.29, 1.82) is 5.26 Å². The van der Waals surface area contributed by atoms with Crippen LogP contribution in [0, 0.1) is 17.2 Å². The van der Waals surface area contributed by atoms with Gasteiger partial charge in [0.05, 0.1) is 17.3 Å². The van der Waals surface area contributed by atoms with Crippen LogP contribution in [0.15, 0.2) is 23.3 Å². The molecule has 1 aromatic carbocycles. The minimum Gasteiger partial charge on any atom is -0.273 e. The van der Waals surface area contributed by atoms with E-state index >= 15 is 0 Å².